The van der Waals surface area contributed by atoms with Crippen LogP contribution in [-0.2, 0) is 16.0 Å². The number of hydrogen-bond acceptors (Lipinski definition) is 4. The van der Waals surface area contributed by atoms with Crippen LogP contribution in [0.25, 0.3) is 0 Å². The number of anilines is 1. The summed E-state index contributed by atoms with van der Waals surface area (Å²) in [5, 5.41) is 13.8. The van der Waals surface area contributed by atoms with Gasteiger partial charge in [0.15, 0.2) is 6.61 Å². The van der Waals surface area contributed by atoms with Gasteiger partial charge in [-0.2, -0.15) is 0 Å². The van der Waals surface area contributed by atoms with Gasteiger partial charge in [0.25, 0.3) is 5.91 Å². The minimum absolute atomic E-state index is 0.0172. The molecule has 2 rings (SSSR count). The highest BCUT2D eigenvalue weighted by molar-refractivity contribution is 5.95. The van der Waals surface area contributed by atoms with Crippen LogP contribution in [0.4, 0.5) is 5.69 Å². The molecule has 0 fully saturated rings. The Morgan fingerprint density at radius 1 is 1.50 bits per heavy atom. The number of hydrogen-bond donors (Lipinski definition) is 3. The second kappa shape index (κ2) is 5.50. The minimum Gasteiger partial charge on any atom is -0.482 e. The number of rotatable bonds is 4. The molecular formula is C12H14N2O4. The van der Waals surface area contributed by atoms with Gasteiger partial charge in [0.1, 0.15) is 5.75 Å². The van der Waals surface area contributed by atoms with E-state index in [1.165, 1.54) is 0 Å². The maximum absolute atomic E-state index is 11.5. The molecule has 0 atom stereocenters. The molecule has 0 saturated carbocycles. The molecule has 0 aromatic heterocycles. The van der Waals surface area contributed by atoms with Crippen molar-refractivity contribution in [2.45, 2.75) is 6.42 Å². The molecule has 0 spiro atoms. The van der Waals surface area contributed by atoms with Crippen LogP contribution in [0.2, 0.25) is 0 Å². The van der Waals surface area contributed by atoms with E-state index in [4.69, 9.17) is 9.84 Å². The fourth-order valence-corrected chi connectivity index (χ4v) is 1.68. The predicted molar refractivity (Wildman–Crippen MR) is 64.4 cm³/mol. The number of nitrogens with one attached hydrogen (secondary N) is 2. The molecule has 1 aliphatic heterocycles. The van der Waals surface area contributed by atoms with Crippen molar-refractivity contribution in [3.63, 3.8) is 0 Å². The highest BCUT2D eigenvalue weighted by atomic mass is 16.5. The summed E-state index contributed by atoms with van der Waals surface area (Å²) in [6, 6.07) is 5.21. The van der Waals surface area contributed by atoms with Gasteiger partial charge in [0.2, 0.25) is 5.91 Å². The van der Waals surface area contributed by atoms with Crippen LogP contribution in [0.3, 0.4) is 0 Å². The minimum atomic E-state index is -0.204. The van der Waals surface area contributed by atoms with E-state index in [1.54, 1.807) is 18.2 Å². The standard InChI is InChI=1S/C12H14N2O4/c15-4-3-13-11(16)6-8-1-2-10-9(5-8)14-12(17)7-18-10/h1-2,5,15H,3-4,6-7H2,(H,13,16)(H,14,17). The van der Waals surface area contributed by atoms with Gasteiger partial charge >= 0.3 is 0 Å². The van der Waals surface area contributed by atoms with E-state index in [0.717, 1.165) is 5.56 Å². The zero-order valence-electron chi connectivity index (χ0n) is 9.73. The number of carbonyl (C=O) groups is 2. The first-order valence-corrected chi connectivity index (χ1v) is 5.62. The molecule has 1 aliphatic rings. The zero-order chi connectivity index (χ0) is 13.0. The fourth-order valence-electron chi connectivity index (χ4n) is 1.68. The Labute approximate surface area is 104 Å². The topological polar surface area (TPSA) is 87.7 Å². The van der Waals surface area contributed by atoms with Gasteiger partial charge in [0, 0.05) is 6.54 Å². The van der Waals surface area contributed by atoms with E-state index >= 15 is 0 Å². The van der Waals surface area contributed by atoms with Crippen LogP contribution < -0.4 is 15.4 Å². The molecule has 1 aromatic rings. The average molecular weight is 250 g/mol. The Hall–Kier alpha value is -2.08. The number of fused-ring (bicyclic) bond motifs is 1. The highest BCUT2D eigenvalue weighted by Crippen LogP contribution is 2.28. The van der Waals surface area contributed by atoms with Crippen molar-refractivity contribution in [3.05, 3.63) is 23.8 Å². The van der Waals surface area contributed by atoms with E-state index < -0.39 is 0 Å². The van der Waals surface area contributed by atoms with Crippen molar-refractivity contribution in [3.8, 4) is 5.75 Å². The van der Waals surface area contributed by atoms with Gasteiger partial charge in [-0.25, -0.2) is 0 Å². The summed E-state index contributed by atoms with van der Waals surface area (Å²) in [6.07, 6.45) is 0.198. The number of benzene rings is 1. The predicted octanol–water partition coefficient (Wildman–Crippen LogP) is -0.332. The lowest BCUT2D eigenvalue weighted by Gasteiger charge is -2.18. The average Bonchev–Trinajstić information content (AvgIpc) is 2.36. The van der Waals surface area contributed by atoms with Gasteiger partial charge < -0.3 is 20.5 Å². The SMILES string of the molecule is O=C(Cc1ccc2c(c1)NC(=O)CO2)NCCO. The highest BCUT2D eigenvalue weighted by Gasteiger charge is 2.16. The molecule has 18 heavy (non-hydrogen) atoms. The van der Waals surface area contributed by atoms with Gasteiger partial charge in [-0.3, -0.25) is 9.59 Å². The zero-order valence-corrected chi connectivity index (χ0v) is 9.73. The van der Waals surface area contributed by atoms with Crippen LogP contribution in [0, 0.1) is 0 Å². The number of carbonyl (C=O) groups excluding carboxylic acids is 2. The van der Waals surface area contributed by atoms with Crippen LogP contribution in [-0.4, -0.2) is 36.7 Å². The van der Waals surface area contributed by atoms with E-state index in [0.29, 0.717) is 11.4 Å². The number of ether oxygens (including phenoxy) is 1. The molecule has 1 heterocycles. The third-order valence-corrected chi connectivity index (χ3v) is 2.48. The molecule has 0 unspecified atom stereocenters. The summed E-state index contributed by atoms with van der Waals surface area (Å²) < 4.78 is 5.21. The molecule has 6 nitrogen and oxygen atoms in total. The second-order valence-electron chi connectivity index (χ2n) is 3.92. The summed E-state index contributed by atoms with van der Waals surface area (Å²) in [6.45, 7) is 0.173. The monoisotopic (exact) mass is 250 g/mol. The normalized spacial score (nSPS) is 13.3. The summed E-state index contributed by atoms with van der Waals surface area (Å²) in [4.78, 5) is 22.6. The van der Waals surface area contributed by atoms with Crippen molar-refractivity contribution in [2.24, 2.45) is 0 Å². The van der Waals surface area contributed by atoms with Crippen molar-refractivity contribution in [1.29, 1.82) is 0 Å². The largest absolute Gasteiger partial charge is 0.482 e. The summed E-state index contributed by atoms with van der Waals surface area (Å²) in [5.41, 5.74) is 1.36. The van der Waals surface area contributed by atoms with Crippen LogP contribution in [0.1, 0.15) is 5.56 Å². The van der Waals surface area contributed by atoms with E-state index in [2.05, 4.69) is 10.6 Å². The molecule has 3 N–H and O–H groups in total. The Kier molecular flexibility index (Phi) is 3.78. The van der Waals surface area contributed by atoms with E-state index in [1.807, 2.05) is 0 Å². The van der Waals surface area contributed by atoms with E-state index in [9.17, 15) is 9.59 Å². The summed E-state index contributed by atoms with van der Waals surface area (Å²) in [5.74, 6) is 0.227. The first-order valence-electron chi connectivity index (χ1n) is 5.62. The molecule has 0 radical (unpaired) electrons. The molecule has 96 valence electrons. The number of aliphatic hydroxyl groups excluding tert-OH is 1. The van der Waals surface area contributed by atoms with Gasteiger partial charge in [0.05, 0.1) is 18.7 Å². The molecule has 0 aliphatic carbocycles. The first kappa shape index (κ1) is 12.4. The van der Waals surface area contributed by atoms with Crippen molar-refractivity contribution in [1.82, 2.24) is 5.32 Å². The Balaban J connectivity index is 2.04. The maximum Gasteiger partial charge on any atom is 0.262 e. The maximum atomic E-state index is 11.5. The molecular weight excluding hydrogens is 236 g/mol. The van der Waals surface area contributed by atoms with Crippen molar-refractivity contribution < 1.29 is 19.4 Å². The van der Waals surface area contributed by atoms with Crippen LogP contribution in [0.15, 0.2) is 18.2 Å². The summed E-state index contributed by atoms with van der Waals surface area (Å²) in [7, 11) is 0. The quantitative estimate of drug-likeness (QED) is 0.682. The number of amides is 2. The third-order valence-electron chi connectivity index (χ3n) is 2.48. The van der Waals surface area contributed by atoms with Gasteiger partial charge in [-0.05, 0) is 17.7 Å². The van der Waals surface area contributed by atoms with Gasteiger partial charge in [-0.15, -0.1) is 0 Å². The lowest BCUT2D eigenvalue weighted by atomic mass is 10.1. The molecule has 6 heteroatoms. The lowest BCUT2D eigenvalue weighted by molar-refractivity contribution is -0.120. The Morgan fingerprint density at radius 3 is 3.11 bits per heavy atom. The lowest BCUT2D eigenvalue weighted by Crippen LogP contribution is -2.28. The van der Waals surface area contributed by atoms with Crippen molar-refractivity contribution >= 4 is 17.5 Å². The van der Waals surface area contributed by atoms with Gasteiger partial charge in [-0.1, -0.05) is 6.07 Å². The third kappa shape index (κ3) is 2.98. The molecule has 0 bridgehead atoms. The second-order valence-corrected chi connectivity index (χ2v) is 3.92. The summed E-state index contributed by atoms with van der Waals surface area (Å²) >= 11 is 0. The molecule has 1 aromatic carbocycles. The fraction of sp³-hybridized carbons (Fsp3) is 0.333. The Morgan fingerprint density at radius 2 is 2.33 bits per heavy atom. The Bertz CT molecular complexity index is 473. The molecule has 0 saturated heterocycles. The van der Waals surface area contributed by atoms with Crippen molar-refractivity contribution in [2.75, 3.05) is 25.1 Å². The number of aliphatic hydroxyl groups is 1. The smallest absolute Gasteiger partial charge is 0.262 e. The molecule has 2 amide bonds. The van der Waals surface area contributed by atoms with Crippen LogP contribution in [0.5, 0.6) is 5.75 Å². The van der Waals surface area contributed by atoms with E-state index in [-0.39, 0.29) is 38.0 Å². The first-order chi connectivity index (χ1) is 8.69. The van der Waals surface area contributed by atoms with Crippen LogP contribution >= 0.6 is 0 Å².